The quantitative estimate of drug-likeness (QED) is 0.613. The molecule has 10 heteroatoms. The number of sulfonamides is 1. The van der Waals surface area contributed by atoms with Crippen LogP contribution in [0.5, 0.6) is 0 Å². The molecule has 1 aliphatic heterocycles. The fraction of sp³-hybridized carbons (Fsp3) is 0.381. The van der Waals surface area contributed by atoms with Gasteiger partial charge in [0.1, 0.15) is 4.90 Å². The molecule has 0 aliphatic carbocycles. The summed E-state index contributed by atoms with van der Waals surface area (Å²) in [5.41, 5.74) is 2.14. The summed E-state index contributed by atoms with van der Waals surface area (Å²) in [4.78, 5) is 14.8. The molecule has 9 nitrogen and oxygen atoms in total. The van der Waals surface area contributed by atoms with Gasteiger partial charge in [-0.1, -0.05) is 35.5 Å². The lowest BCUT2D eigenvalue weighted by Gasteiger charge is -2.21. The van der Waals surface area contributed by atoms with E-state index in [-0.39, 0.29) is 29.6 Å². The van der Waals surface area contributed by atoms with E-state index >= 15 is 0 Å². The Hall–Kier alpha value is -2.98. The van der Waals surface area contributed by atoms with Gasteiger partial charge in [-0.05, 0) is 20.3 Å². The highest BCUT2D eigenvalue weighted by Crippen LogP contribution is 2.25. The SMILES string of the molecule is Cc1nn(C)c(C)c1S(=O)(=O)N1CCCN(C(=O)c2cc(-c3ccccc3)on2)CC1. The van der Waals surface area contributed by atoms with Crippen molar-refractivity contribution in [2.45, 2.75) is 25.2 Å². The van der Waals surface area contributed by atoms with Gasteiger partial charge in [0.2, 0.25) is 10.0 Å². The minimum atomic E-state index is -3.69. The Bertz CT molecular complexity index is 1200. The lowest BCUT2D eigenvalue weighted by atomic mass is 10.1. The third-order valence-corrected chi connectivity index (χ3v) is 7.72. The Morgan fingerprint density at radius 2 is 1.81 bits per heavy atom. The largest absolute Gasteiger partial charge is 0.355 e. The van der Waals surface area contributed by atoms with Crippen LogP contribution in [0.1, 0.15) is 28.3 Å². The average Bonchev–Trinajstić information content (AvgIpc) is 3.23. The second-order valence-corrected chi connectivity index (χ2v) is 9.49. The topological polar surface area (TPSA) is 102 Å². The predicted molar refractivity (Wildman–Crippen MR) is 114 cm³/mol. The molecule has 1 saturated heterocycles. The van der Waals surface area contributed by atoms with Gasteiger partial charge in [-0.15, -0.1) is 0 Å². The van der Waals surface area contributed by atoms with Gasteiger partial charge in [0.05, 0.1) is 11.4 Å². The minimum Gasteiger partial charge on any atom is -0.355 e. The monoisotopic (exact) mass is 443 g/mol. The first kappa shape index (κ1) is 21.3. The first-order valence-corrected chi connectivity index (χ1v) is 11.5. The van der Waals surface area contributed by atoms with Gasteiger partial charge in [0.15, 0.2) is 11.5 Å². The lowest BCUT2D eigenvalue weighted by Crippen LogP contribution is -2.37. The number of aromatic nitrogens is 3. The molecule has 1 amide bonds. The van der Waals surface area contributed by atoms with Crippen LogP contribution in [0.2, 0.25) is 0 Å². The van der Waals surface area contributed by atoms with Crippen LogP contribution in [-0.4, -0.2) is 64.6 Å². The molecule has 0 bridgehead atoms. The van der Waals surface area contributed by atoms with E-state index in [4.69, 9.17) is 4.52 Å². The van der Waals surface area contributed by atoms with Gasteiger partial charge in [-0.3, -0.25) is 9.48 Å². The molecule has 31 heavy (non-hydrogen) atoms. The number of aryl methyl sites for hydroxylation is 2. The molecule has 4 rings (SSSR count). The number of hydrogen-bond donors (Lipinski definition) is 0. The van der Waals surface area contributed by atoms with Gasteiger partial charge in [-0.2, -0.15) is 9.40 Å². The lowest BCUT2D eigenvalue weighted by molar-refractivity contribution is 0.0754. The zero-order valence-corrected chi connectivity index (χ0v) is 18.6. The van der Waals surface area contributed by atoms with Crippen molar-refractivity contribution in [2.24, 2.45) is 7.05 Å². The third-order valence-electron chi connectivity index (χ3n) is 5.57. The number of carbonyl (C=O) groups is 1. The Morgan fingerprint density at radius 1 is 1.06 bits per heavy atom. The van der Waals surface area contributed by atoms with Crippen molar-refractivity contribution in [1.82, 2.24) is 24.1 Å². The van der Waals surface area contributed by atoms with E-state index in [1.54, 1.807) is 36.5 Å². The van der Waals surface area contributed by atoms with Crippen molar-refractivity contribution >= 4 is 15.9 Å². The summed E-state index contributed by atoms with van der Waals surface area (Å²) in [5, 5.41) is 8.16. The van der Waals surface area contributed by atoms with Crippen LogP contribution >= 0.6 is 0 Å². The molecule has 1 fully saturated rings. The number of benzene rings is 1. The van der Waals surface area contributed by atoms with Crippen molar-refractivity contribution < 1.29 is 17.7 Å². The molecule has 0 unspecified atom stereocenters. The molecule has 2 aromatic heterocycles. The van der Waals surface area contributed by atoms with Crippen LogP contribution < -0.4 is 0 Å². The fourth-order valence-corrected chi connectivity index (χ4v) is 5.74. The van der Waals surface area contributed by atoms with Crippen molar-refractivity contribution in [3.8, 4) is 11.3 Å². The highest BCUT2D eigenvalue weighted by molar-refractivity contribution is 7.89. The molecular weight excluding hydrogens is 418 g/mol. The maximum atomic E-state index is 13.2. The Labute approximate surface area is 181 Å². The van der Waals surface area contributed by atoms with E-state index in [0.29, 0.717) is 36.7 Å². The Balaban J connectivity index is 1.49. The minimum absolute atomic E-state index is 0.214. The summed E-state index contributed by atoms with van der Waals surface area (Å²) >= 11 is 0. The number of hydrogen-bond acceptors (Lipinski definition) is 6. The predicted octanol–water partition coefficient (Wildman–Crippen LogP) is 2.23. The molecule has 3 aromatic rings. The van der Waals surface area contributed by atoms with Crippen LogP contribution in [0.3, 0.4) is 0 Å². The van der Waals surface area contributed by atoms with E-state index in [1.807, 2.05) is 30.3 Å². The molecule has 3 heterocycles. The number of rotatable bonds is 4. The van der Waals surface area contributed by atoms with Gasteiger partial charge in [0.25, 0.3) is 5.91 Å². The second-order valence-electron chi connectivity index (χ2n) is 7.62. The van der Waals surface area contributed by atoms with E-state index in [9.17, 15) is 13.2 Å². The first-order valence-electron chi connectivity index (χ1n) is 10.1. The Kier molecular flexibility index (Phi) is 5.67. The smallest absolute Gasteiger partial charge is 0.276 e. The number of nitrogens with zero attached hydrogens (tertiary/aromatic N) is 5. The van der Waals surface area contributed by atoms with Crippen molar-refractivity contribution in [3.63, 3.8) is 0 Å². The molecule has 1 aliphatic rings. The Morgan fingerprint density at radius 3 is 2.48 bits per heavy atom. The third kappa shape index (κ3) is 4.00. The fourth-order valence-electron chi connectivity index (χ4n) is 3.87. The summed E-state index contributed by atoms with van der Waals surface area (Å²) < 4.78 is 34.8. The molecule has 0 saturated carbocycles. The summed E-state index contributed by atoms with van der Waals surface area (Å²) in [6, 6.07) is 11.1. The van der Waals surface area contributed by atoms with Gasteiger partial charge >= 0.3 is 0 Å². The van der Waals surface area contributed by atoms with Gasteiger partial charge in [0, 0.05) is 44.9 Å². The molecule has 1 aromatic carbocycles. The standard InChI is InChI=1S/C21H25N5O4S/c1-15-20(16(2)24(3)22-15)31(28,29)26-11-7-10-25(12-13-26)21(27)18-14-19(30-23-18)17-8-5-4-6-9-17/h4-6,8-9,14H,7,10-13H2,1-3H3. The molecular formula is C21H25N5O4S. The van der Waals surface area contributed by atoms with E-state index < -0.39 is 10.0 Å². The second kappa shape index (κ2) is 8.27. The summed E-state index contributed by atoms with van der Waals surface area (Å²) in [5.74, 6) is 0.254. The highest BCUT2D eigenvalue weighted by atomic mass is 32.2. The van der Waals surface area contributed by atoms with E-state index in [1.165, 1.54) is 4.31 Å². The van der Waals surface area contributed by atoms with Crippen LogP contribution in [0, 0.1) is 13.8 Å². The molecule has 0 atom stereocenters. The molecule has 0 radical (unpaired) electrons. The summed E-state index contributed by atoms with van der Waals surface area (Å²) in [7, 11) is -1.97. The van der Waals surface area contributed by atoms with Crippen molar-refractivity contribution in [1.29, 1.82) is 0 Å². The van der Waals surface area contributed by atoms with E-state index in [0.717, 1.165) is 5.56 Å². The number of amides is 1. The van der Waals surface area contributed by atoms with Crippen LogP contribution in [0.25, 0.3) is 11.3 Å². The molecule has 0 spiro atoms. The zero-order valence-electron chi connectivity index (χ0n) is 17.8. The maximum Gasteiger partial charge on any atom is 0.276 e. The summed E-state index contributed by atoms with van der Waals surface area (Å²) in [6.07, 6.45) is 0.534. The van der Waals surface area contributed by atoms with Crippen LogP contribution in [-0.2, 0) is 17.1 Å². The highest BCUT2D eigenvalue weighted by Gasteiger charge is 2.33. The summed E-state index contributed by atoms with van der Waals surface area (Å²) in [6.45, 7) is 4.73. The normalized spacial score (nSPS) is 15.8. The molecule has 0 N–H and O–H groups in total. The van der Waals surface area contributed by atoms with Crippen LogP contribution in [0.4, 0.5) is 0 Å². The van der Waals surface area contributed by atoms with Gasteiger partial charge < -0.3 is 9.42 Å². The maximum absolute atomic E-state index is 13.2. The first-order chi connectivity index (χ1) is 14.8. The number of carbonyl (C=O) groups excluding carboxylic acids is 1. The average molecular weight is 444 g/mol. The van der Waals surface area contributed by atoms with E-state index in [2.05, 4.69) is 10.3 Å². The van der Waals surface area contributed by atoms with Crippen molar-refractivity contribution in [2.75, 3.05) is 26.2 Å². The van der Waals surface area contributed by atoms with Gasteiger partial charge in [-0.25, -0.2) is 8.42 Å². The van der Waals surface area contributed by atoms with Crippen molar-refractivity contribution in [3.05, 3.63) is 53.5 Å². The molecule has 164 valence electrons. The van der Waals surface area contributed by atoms with Crippen LogP contribution in [0.15, 0.2) is 45.8 Å². The zero-order chi connectivity index (χ0) is 22.2.